The van der Waals surface area contributed by atoms with E-state index < -0.39 is 0 Å². The Bertz CT molecular complexity index is 248. The molecule has 1 heterocycles. The van der Waals surface area contributed by atoms with Crippen molar-refractivity contribution in [3.63, 3.8) is 0 Å². The van der Waals surface area contributed by atoms with Crippen LogP contribution in [0.25, 0.3) is 0 Å². The maximum absolute atomic E-state index is 11.9. The van der Waals surface area contributed by atoms with Crippen molar-refractivity contribution in [2.45, 2.75) is 46.1 Å². The first kappa shape index (κ1) is 15.4. The van der Waals surface area contributed by atoms with Gasteiger partial charge in [-0.05, 0) is 18.8 Å². The quantitative estimate of drug-likeness (QED) is 0.780. The van der Waals surface area contributed by atoms with Gasteiger partial charge in [0.05, 0.1) is 6.10 Å². The van der Waals surface area contributed by atoms with Gasteiger partial charge in [0.1, 0.15) is 0 Å². The number of hydrogen-bond acceptors (Lipinski definition) is 3. The van der Waals surface area contributed by atoms with E-state index in [1.807, 2.05) is 11.8 Å². The van der Waals surface area contributed by atoms with Crippen LogP contribution in [0, 0.1) is 5.92 Å². The van der Waals surface area contributed by atoms with Crippen molar-refractivity contribution in [3.8, 4) is 0 Å². The molecule has 0 aliphatic carbocycles. The van der Waals surface area contributed by atoms with Gasteiger partial charge in [0.2, 0.25) is 5.91 Å². The molecular formula is C14H28N2O2. The van der Waals surface area contributed by atoms with E-state index in [1.54, 1.807) is 0 Å². The van der Waals surface area contributed by atoms with Gasteiger partial charge in [-0.25, -0.2) is 0 Å². The third-order valence-electron chi connectivity index (χ3n) is 3.60. The van der Waals surface area contributed by atoms with Crippen LogP contribution in [0.1, 0.15) is 40.0 Å². The third-order valence-corrected chi connectivity index (χ3v) is 3.60. The first-order valence-electron chi connectivity index (χ1n) is 7.21. The lowest BCUT2D eigenvalue weighted by atomic mass is 10.1. The molecule has 0 aromatic carbocycles. The summed E-state index contributed by atoms with van der Waals surface area (Å²) in [5.41, 5.74) is 0. The molecule has 0 aromatic rings. The number of piperazine rings is 1. The average Bonchev–Trinajstić information content (AvgIpc) is 2.36. The van der Waals surface area contributed by atoms with Gasteiger partial charge in [0, 0.05) is 39.1 Å². The summed E-state index contributed by atoms with van der Waals surface area (Å²) in [5, 5.41) is 9.61. The zero-order valence-corrected chi connectivity index (χ0v) is 12.1. The molecular weight excluding hydrogens is 228 g/mol. The standard InChI is InChI=1S/C14H28N2O2/c1-4-13(17)11-15-7-9-16(10-8-15)14(18)6-5-12(2)3/h12-13,17H,4-11H2,1-3H3/t13-/m1/s1. The number of carbonyl (C=O) groups excluding carboxylic acids is 1. The van der Waals surface area contributed by atoms with E-state index >= 15 is 0 Å². The number of carbonyl (C=O) groups is 1. The lowest BCUT2D eigenvalue weighted by Gasteiger charge is -2.35. The molecule has 1 saturated heterocycles. The van der Waals surface area contributed by atoms with Gasteiger partial charge in [-0.3, -0.25) is 9.69 Å². The summed E-state index contributed by atoms with van der Waals surface area (Å²) in [6.07, 6.45) is 2.23. The Hall–Kier alpha value is -0.610. The highest BCUT2D eigenvalue weighted by Crippen LogP contribution is 2.09. The van der Waals surface area contributed by atoms with E-state index in [1.165, 1.54) is 0 Å². The molecule has 0 radical (unpaired) electrons. The van der Waals surface area contributed by atoms with Crippen LogP contribution in [0.4, 0.5) is 0 Å². The Balaban J connectivity index is 2.24. The second-order valence-corrected chi connectivity index (χ2v) is 5.68. The molecule has 18 heavy (non-hydrogen) atoms. The fraction of sp³-hybridized carbons (Fsp3) is 0.929. The summed E-state index contributed by atoms with van der Waals surface area (Å²) in [6.45, 7) is 10.4. The van der Waals surface area contributed by atoms with Crippen LogP contribution >= 0.6 is 0 Å². The van der Waals surface area contributed by atoms with Crippen LogP contribution in [0.2, 0.25) is 0 Å². The molecule has 0 aromatic heterocycles. The summed E-state index contributed by atoms with van der Waals surface area (Å²) in [7, 11) is 0. The van der Waals surface area contributed by atoms with Gasteiger partial charge < -0.3 is 10.0 Å². The van der Waals surface area contributed by atoms with Crippen LogP contribution < -0.4 is 0 Å². The number of aliphatic hydroxyl groups excluding tert-OH is 1. The van der Waals surface area contributed by atoms with E-state index in [-0.39, 0.29) is 6.10 Å². The molecule has 1 aliphatic heterocycles. The lowest BCUT2D eigenvalue weighted by molar-refractivity contribution is -0.133. The van der Waals surface area contributed by atoms with Gasteiger partial charge in [-0.1, -0.05) is 20.8 Å². The predicted molar refractivity (Wildman–Crippen MR) is 73.4 cm³/mol. The van der Waals surface area contributed by atoms with Crippen LogP contribution in [0.5, 0.6) is 0 Å². The largest absolute Gasteiger partial charge is 0.392 e. The molecule has 1 aliphatic rings. The van der Waals surface area contributed by atoms with Crippen molar-refractivity contribution in [2.75, 3.05) is 32.7 Å². The SMILES string of the molecule is CC[C@@H](O)CN1CCN(C(=O)CCC(C)C)CC1. The van der Waals surface area contributed by atoms with Crippen molar-refractivity contribution in [1.82, 2.24) is 9.80 Å². The van der Waals surface area contributed by atoms with Crippen molar-refractivity contribution in [1.29, 1.82) is 0 Å². The van der Waals surface area contributed by atoms with E-state index in [0.29, 0.717) is 18.2 Å². The van der Waals surface area contributed by atoms with E-state index in [0.717, 1.165) is 45.6 Å². The molecule has 0 spiro atoms. The minimum Gasteiger partial charge on any atom is -0.392 e. The molecule has 4 nitrogen and oxygen atoms in total. The van der Waals surface area contributed by atoms with Crippen molar-refractivity contribution in [3.05, 3.63) is 0 Å². The smallest absolute Gasteiger partial charge is 0.222 e. The molecule has 1 fully saturated rings. The van der Waals surface area contributed by atoms with Crippen LogP contribution in [0.15, 0.2) is 0 Å². The monoisotopic (exact) mass is 256 g/mol. The molecule has 0 unspecified atom stereocenters. The molecule has 1 N–H and O–H groups in total. The molecule has 4 heteroatoms. The third kappa shape index (κ3) is 5.36. The number of amides is 1. The van der Waals surface area contributed by atoms with E-state index in [2.05, 4.69) is 18.7 Å². The number of β-amino-alcohol motifs (C(OH)–C–C–N with tert-alkyl or cyclic N) is 1. The first-order valence-corrected chi connectivity index (χ1v) is 7.21. The number of aliphatic hydroxyl groups is 1. The maximum Gasteiger partial charge on any atom is 0.222 e. The van der Waals surface area contributed by atoms with Crippen LogP contribution in [-0.4, -0.2) is 59.6 Å². The Kier molecular flexibility index (Phi) is 6.65. The maximum atomic E-state index is 11.9. The Morgan fingerprint density at radius 2 is 1.83 bits per heavy atom. The van der Waals surface area contributed by atoms with Crippen molar-refractivity contribution >= 4 is 5.91 Å². The number of hydrogen-bond donors (Lipinski definition) is 1. The predicted octanol–water partition coefficient (Wildman–Crippen LogP) is 1.34. The fourth-order valence-corrected chi connectivity index (χ4v) is 2.18. The normalized spacial score (nSPS) is 19.3. The van der Waals surface area contributed by atoms with Gasteiger partial charge >= 0.3 is 0 Å². The van der Waals surface area contributed by atoms with E-state index in [9.17, 15) is 9.90 Å². The molecule has 1 amide bonds. The Morgan fingerprint density at radius 1 is 1.22 bits per heavy atom. The molecule has 0 bridgehead atoms. The summed E-state index contributed by atoms with van der Waals surface area (Å²) in [4.78, 5) is 16.2. The molecule has 1 atom stereocenters. The number of rotatable bonds is 6. The number of nitrogens with zero attached hydrogens (tertiary/aromatic N) is 2. The van der Waals surface area contributed by atoms with Crippen molar-refractivity contribution in [2.24, 2.45) is 5.92 Å². The molecule has 1 rings (SSSR count). The van der Waals surface area contributed by atoms with E-state index in [4.69, 9.17) is 0 Å². The molecule has 0 saturated carbocycles. The zero-order chi connectivity index (χ0) is 13.5. The van der Waals surface area contributed by atoms with Gasteiger partial charge in [-0.15, -0.1) is 0 Å². The Labute approximate surface area is 111 Å². The van der Waals surface area contributed by atoms with Crippen molar-refractivity contribution < 1.29 is 9.90 Å². The summed E-state index contributed by atoms with van der Waals surface area (Å²) in [5.74, 6) is 0.884. The van der Waals surface area contributed by atoms with Crippen LogP contribution in [-0.2, 0) is 4.79 Å². The Morgan fingerprint density at radius 3 is 2.33 bits per heavy atom. The lowest BCUT2D eigenvalue weighted by Crippen LogP contribution is -2.50. The highest BCUT2D eigenvalue weighted by atomic mass is 16.3. The summed E-state index contributed by atoms with van der Waals surface area (Å²) in [6, 6.07) is 0. The van der Waals surface area contributed by atoms with Gasteiger partial charge in [0.25, 0.3) is 0 Å². The molecule has 106 valence electrons. The average molecular weight is 256 g/mol. The summed E-state index contributed by atoms with van der Waals surface area (Å²) >= 11 is 0. The minimum absolute atomic E-state index is 0.229. The second-order valence-electron chi connectivity index (χ2n) is 5.68. The van der Waals surface area contributed by atoms with Gasteiger partial charge in [0.15, 0.2) is 0 Å². The highest BCUT2D eigenvalue weighted by Gasteiger charge is 2.21. The summed E-state index contributed by atoms with van der Waals surface area (Å²) < 4.78 is 0. The first-order chi connectivity index (χ1) is 8.52. The fourth-order valence-electron chi connectivity index (χ4n) is 2.18. The topological polar surface area (TPSA) is 43.8 Å². The minimum atomic E-state index is -0.229. The second kappa shape index (κ2) is 7.74. The zero-order valence-electron chi connectivity index (χ0n) is 12.1. The van der Waals surface area contributed by atoms with Crippen LogP contribution in [0.3, 0.4) is 0 Å². The van der Waals surface area contributed by atoms with Gasteiger partial charge in [-0.2, -0.15) is 0 Å². The highest BCUT2D eigenvalue weighted by molar-refractivity contribution is 5.76.